The van der Waals surface area contributed by atoms with Crippen LogP contribution in [0.25, 0.3) is 0 Å². The van der Waals surface area contributed by atoms with Crippen LogP contribution in [0.3, 0.4) is 0 Å². The number of unbranched alkanes of at least 4 members (excludes halogenated alkanes) is 3. The van der Waals surface area contributed by atoms with Crippen molar-refractivity contribution in [3.8, 4) is 0 Å². The van der Waals surface area contributed by atoms with Crippen LogP contribution in [0.15, 0.2) is 55.1 Å². The minimum atomic E-state index is -0.0495. The first kappa shape index (κ1) is 20.9. The van der Waals surface area contributed by atoms with E-state index in [-0.39, 0.29) is 11.8 Å². The fourth-order valence-corrected chi connectivity index (χ4v) is 1.74. The summed E-state index contributed by atoms with van der Waals surface area (Å²) in [5.74, 6) is 5.02. The average molecular weight is 318 g/mol. The number of pyridine rings is 1. The number of nitrogens with zero attached hydrogens (tertiary/aromatic N) is 1. The molecule has 2 heterocycles. The highest BCUT2D eigenvalue weighted by Crippen LogP contribution is 2.09. The summed E-state index contributed by atoms with van der Waals surface area (Å²) in [6, 6.07) is 9.60. The zero-order valence-electron chi connectivity index (χ0n) is 14.2. The Morgan fingerprint density at radius 2 is 1.74 bits per heavy atom. The monoisotopic (exact) mass is 318 g/mol. The van der Waals surface area contributed by atoms with Crippen molar-refractivity contribution in [3.05, 3.63) is 55.1 Å². The van der Waals surface area contributed by atoms with Crippen LogP contribution < -0.4 is 11.3 Å². The maximum atomic E-state index is 10.9. The molecule has 5 heteroatoms. The number of hydrazine groups is 1. The van der Waals surface area contributed by atoms with Crippen LogP contribution in [0.2, 0.25) is 0 Å². The molecule has 5 nitrogen and oxygen atoms in total. The quantitative estimate of drug-likeness (QED) is 0.329. The first-order valence-electron chi connectivity index (χ1n) is 8.15. The van der Waals surface area contributed by atoms with Crippen LogP contribution >= 0.6 is 0 Å². The molecule has 0 radical (unpaired) electrons. The van der Waals surface area contributed by atoms with Gasteiger partial charge in [-0.15, -0.1) is 0 Å². The summed E-state index contributed by atoms with van der Waals surface area (Å²) in [5, 5.41) is 0. The molecular formula is C18H30N4O. The normalized spacial score (nSPS) is 10.4. The first-order valence-corrected chi connectivity index (χ1v) is 8.15. The van der Waals surface area contributed by atoms with Gasteiger partial charge in [-0.2, -0.15) is 0 Å². The molecule has 0 saturated heterocycles. The molecule has 128 valence electrons. The molecule has 0 bridgehead atoms. The summed E-state index contributed by atoms with van der Waals surface area (Å²) >= 11 is 0. The lowest BCUT2D eigenvalue weighted by Crippen LogP contribution is -2.34. The van der Waals surface area contributed by atoms with Crippen molar-refractivity contribution in [2.45, 2.75) is 46.0 Å². The second-order valence-electron chi connectivity index (χ2n) is 5.17. The SMILES string of the molecule is CCCCCCC(C)C(=O)NN.c1cc[nH]c1.c1ccncc1. The molecule has 1 amide bonds. The Balaban J connectivity index is 0.000000359. The van der Waals surface area contributed by atoms with Crippen LogP contribution in [0, 0.1) is 5.92 Å². The average Bonchev–Trinajstić information content (AvgIpc) is 3.20. The lowest BCUT2D eigenvalue weighted by atomic mass is 10.0. The van der Waals surface area contributed by atoms with E-state index in [1.165, 1.54) is 19.3 Å². The largest absolute Gasteiger partial charge is 0.368 e. The smallest absolute Gasteiger partial charge is 0.236 e. The number of carbonyl (C=O) groups is 1. The predicted molar refractivity (Wildman–Crippen MR) is 95.3 cm³/mol. The van der Waals surface area contributed by atoms with E-state index in [1.54, 1.807) is 12.4 Å². The van der Waals surface area contributed by atoms with Gasteiger partial charge in [0.25, 0.3) is 0 Å². The molecule has 1 atom stereocenters. The number of H-pyrrole nitrogens is 1. The van der Waals surface area contributed by atoms with Crippen molar-refractivity contribution in [3.63, 3.8) is 0 Å². The minimum absolute atomic E-state index is 0.0495. The van der Waals surface area contributed by atoms with Gasteiger partial charge in [0, 0.05) is 30.7 Å². The Morgan fingerprint density at radius 1 is 1.09 bits per heavy atom. The third kappa shape index (κ3) is 14.6. The third-order valence-corrected chi connectivity index (χ3v) is 3.14. The highest BCUT2D eigenvalue weighted by molar-refractivity contribution is 5.77. The summed E-state index contributed by atoms with van der Waals surface area (Å²) < 4.78 is 0. The van der Waals surface area contributed by atoms with Gasteiger partial charge in [-0.1, -0.05) is 45.6 Å². The molecule has 1 unspecified atom stereocenters. The third-order valence-electron chi connectivity index (χ3n) is 3.14. The number of aromatic amines is 1. The number of carbonyl (C=O) groups excluding carboxylic acids is 1. The molecule has 0 saturated carbocycles. The highest BCUT2D eigenvalue weighted by atomic mass is 16.2. The summed E-state index contributed by atoms with van der Waals surface area (Å²) in [5.41, 5.74) is 2.17. The number of hydrogen-bond donors (Lipinski definition) is 3. The Kier molecular flexibility index (Phi) is 14.7. The number of nitrogens with two attached hydrogens (primary N) is 1. The van der Waals surface area contributed by atoms with Crippen molar-refractivity contribution in [2.24, 2.45) is 11.8 Å². The maximum Gasteiger partial charge on any atom is 0.236 e. The molecule has 0 aliphatic heterocycles. The van der Waals surface area contributed by atoms with Crippen molar-refractivity contribution in [1.29, 1.82) is 0 Å². The number of nitrogens with one attached hydrogen (secondary N) is 2. The summed E-state index contributed by atoms with van der Waals surface area (Å²) in [7, 11) is 0. The first-order chi connectivity index (χ1) is 11.2. The zero-order valence-corrected chi connectivity index (χ0v) is 14.2. The van der Waals surface area contributed by atoms with E-state index in [4.69, 9.17) is 5.84 Å². The van der Waals surface area contributed by atoms with E-state index in [9.17, 15) is 4.79 Å². The van der Waals surface area contributed by atoms with Gasteiger partial charge in [-0.3, -0.25) is 15.2 Å². The van der Waals surface area contributed by atoms with Gasteiger partial charge >= 0.3 is 0 Å². The van der Waals surface area contributed by atoms with E-state index < -0.39 is 0 Å². The van der Waals surface area contributed by atoms with Crippen molar-refractivity contribution >= 4 is 5.91 Å². The van der Waals surface area contributed by atoms with E-state index in [0.717, 1.165) is 12.8 Å². The van der Waals surface area contributed by atoms with Crippen LogP contribution in [-0.2, 0) is 4.79 Å². The lowest BCUT2D eigenvalue weighted by molar-refractivity contribution is -0.124. The summed E-state index contributed by atoms with van der Waals surface area (Å²) in [6.07, 6.45) is 13.0. The Morgan fingerprint density at radius 3 is 2.09 bits per heavy atom. The molecule has 2 aromatic heterocycles. The van der Waals surface area contributed by atoms with Gasteiger partial charge in [-0.05, 0) is 30.7 Å². The molecule has 2 rings (SSSR count). The Bertz CT molecular complexity index is 401. The number of amides is 1. The number of hydrogen-bond acceptors (Lipinski definition) is 3. The summed E-state index contributed by atoms with van der Waals surface area (Å²) in [4.78, 5) is 17.6. The van der Waals surface area contributed by atoms with Crippen molar-refractivity contribution < 1.29 is 4.79 Å². The van der Waals surface area contributed by atoms with Gasteiger partial charge < -0.3 is 4.98 Å². The van der Waals surface area contributed by atoms with Crippen LogP contribution in [0.5, 0.6) is 0 Å². The fourth-order valence-electron chi connectivity index (χ4n) is 1.74. The second kappa shape index (κ2) is 16.2. The molecule has 0 spiro atoms. The maximum absolute atomic E-state index is 10.9. The Labute approximate surface area is 139 Å². The molecule has 4 N–H and O–H groups in total. The molecule has 0 aliphatic rings. The molecule has 2 aromatic rings. The van der Waals surface area contributed by atoms with Crippen molar-refractivity contribution in [2.75, 3.05) is 0 Å². The number of rotatable bonds is 6. The minimum Gasteiger partial charge on any atom is -0.368 e. The van der Waals surface area contributed by atoms with E-state index in [1.807, 2.05) is 49.6 Å². The van der Waals surface area contributed by atoms with Crippen molar-refractivity contribution in [1.82, 2.24) is 15.4 Å². The van der Waals surface area contributed by atoms with Gasteiger partial charge in [0.1, 0.15) is 0 Å². The van der Waals surface area contributed by atoms with Gasteiger partial charge in [-0.25, -0.2) is 5.84 Å². The molecule has 0 aliphatic carbocycles. The van der Waals surface area contributed by atoms with Crippen LogP contribution in [0.1, 0.15) is 46.0 Å². The second-order valence-corrected chi connectivity index (χ2v) is 5.17. The molecular weight excluding hydrogens is 288 g/mol. The van der Waals surface area contributed by atoms with Gasteiger partial charge in [0.15, 0.2) is 0 Å². The fraction of sp³-hybridized carbons (Fsp3) is 0.444. The number of aromatic nitrogens is 2. The van der Waals surface area contributed by atoms with E-state index in [0.29, 0.717) is 0 Å². The van der Waals surface area contributed by atoms with Gasteiger partial charge in [0.2, 0.25) is 5.91 Å². The molecule has 0 aromatic carbocycles. The van der Waals surface area contributed by atoms with Crippen LogP contribution in [0.4, 0.5) is 0 Å². The van der Waals surface area contributed by atoms with E-state index >= 15 is 0 Å². The zero-order chi connectivity index (χ0) is 17.2. The lowest BCUT2D eigenvalue weighted by Gasteiger charge is -2.08. The standard InChI is InChI=1S/C9H20N2O.C5H5N.C4H5N/c1-3-4-5-6-7-8(2)9(12)11-10;1-2-4-6-5-3-1;1-2-4-5-3-1/h8H,3-7,10H2,1-2H3,(H,11,12);1-5H;1-5H. The Hall–Kier alpha value is -2.14. The predicted octanol–water partition coefficient (Wildman–Crippen LogP) is 3.68. The van der Waals surface area contributed by atoms with Crippen LogP contribution in [-0.4, -0.2) is 15.9 Å². The molecule has 0 fully saturated rings. The summed E-state index contributed by atoms with van der Waals surface area (Å²) in [6.45, 7) is 4.09. The van der Waals surface area contributed by atoms with E-state index in [2.05, 4.69) is 22.3 Å². The van der Waals surface area contributed by atoms with Gasteiger partial charge in [0.05, 0.1) is 0 Å². The molecule has 23 heavy (non-hydrogen) atoms. The topological polar surface area (TPSA) is 83.8 Å². The highest BCUT2D eigenvalue weighted by Gasteiger charge is 2.09.